The molecule has 5 heteroatoms. The summed E-state index contributed by atoms with van der Waals surface area (Å²) >= 11 is 7.17. The van der Waals surface area contributed by atoms with Gasteiger partial charge in [-0.2, -0.15) is 0 Å². The summed E-state index contributed by atoms with van der Waals surface area (Å²) < 4.78 is 4.40. The largest absolute Gasteiger partial charge is 0.390 e. The molecule has 0 aliphatic rings. The summed E-state index contributed by atoms with van der Waals surface area (Å²) in [6.07, 6.45) is 1.84. The van der Waals surface area contributed by atoms with Crippen LogP contribution in [0.2, 0.25) is 0 Å². The summed E-state index contributed by atoms with van der Waals surface area (Å²) in [5.74, 6) is 0. The number of hydrogen-bond donors (Lipinski definition) is 1. The average Bonchev–Trinajstić information content (AvgIpc) is 2.88. The molecule has 0 spiro atoms. The van der Waals surface area contributed by atoms with E-state index in [1.165, 1.54) is 10.8 Å². The number of halogens is 2. The van der Waals surface area contributed by atoms with Crippen LogP contribution in [0.4, 0.5) is 0 Å². The van der Waals surface area contributed by atoms with E-state index >= 15 is 0 Å². The van der Waals surface area contributed by atoms with Gasteiger partial charge in [-0.3, -0.25) is 0 Å². The smallest absolute Gasteiger partial charge is 0.0845 e. The number of rotatable bonds is 8. The van der Waals surface area contributed by atoms with Crippen molar-refractivity contribution >= 4 is 53.7 Å². The molecule has 2 aromatic carbocycles. The topological polar surface area (TPSA) is 28.4 Å². The molecule has 3 nitrogen and oxygen atoms in total. The van der Waals surface area contributed by atoms with Gasteiger partial charge in [0.05, 0.1) is 12.6 Å². The minimum atomic E-state index is -0.390. The Hall–Kier alpha value is -0.880. The van der Waals surface area contributed by atoms with Crippen molar-refractivity contribution in [2.24, 2.45) is 0 Å². The van der Waals surface area contributed by atoms with Gasteiger partial charge in [-0.1, -0.05) is 45.7 Å². The Morgan fingerprint density at radius 1 is 0.923 bits per heavy atom. The Morgan fingerprint density at radius 2 is 1.42 bits per heavy atom. The zero-order valence-corrected chi connectivity index (χ0v) is 18.6. The Morgan fingerprint density at radius 3 is 1.88 bits per heavy atom. The van der Waals surface area contributed by atoms with Crippen LogP contribution in [0.3, 0.4) is 0 Å². The third kappa shape index (κ3) is 4.33. The highest BCUT2D eigenvalue weighted by Gasteiger charge is 2.16. The van der Waals surface area contributed by atoms with Gasteiger partial charge in [-0.25, -0.2) is 0 Å². The second kappa shape index (κ2) is 8.87. The maximum absolute atomic E-state index is 10.8. The van der Waals surface area contributed by atoms with Crippen LogP contribution in [0.1, 0.15) is 26.7 Å². The van der Waals surface area contributed by atoms with Crippen LogP contribution in [-0.2, 0) is 6.54 Å². The molecular formula is C21H26Br2N2O. The monoisotopic (exact) mass is 480 g/mol. The first-order valence-electron chi connectivity index (χ1n) is 9.31. The van der Waals surface area contributed by atoms with Gasteiger partial charge in [0, 0.05) is 37.3 Å². The van der Waals surface area contributed by atoms with Gasteiger partial charge >= 0.3 is 0 Å². The predicted octanol–water partition coefficient (Wildman–Crippen LogP) is 5.80. The first kappa shape index (κ1) is 19.9. The molecule has 140 valence electrons. The van der Waals surface area contributed by atoms with Crippen molar-refractivity contribution in [1.82, 2.24) is 9.47 Å². The van der Waals surface area contributed by atoms with Crippen molar-refractivity contribution in [1.29, 1.82) is 0 Å². The summed E-state index contributed by atoms with van der Waals surface area (Å²) in [6.45, 7) is 7.79. The van der Waals surface area contributed by atoms with Crippen molar-refractivity contribution in [3.8, 4) is 0 Å². The van der Waals surface area contributed by atoms with E-state index in [4.69, 9.17) is 0 Å². The van der Waals surface area contributed by atoms with Crippen molar-refractivity contribution in [2.45, 2.75) is 39.3 Å². The van der Waals surface area contributed by atoms with Gasteiger partial charge in [0.25, 0.3) is 0 Å². The molecule has 1 heterocycles. The molecule has 0 aliphatic carbocycles. The lowest BCUT2D eigenvalue weighted by molar-refractivity contribution is 0.0997. The maximum atomic E-state index is 10.8. The van der Waals surface area contributed by atoms with Gasteiger partial charge in [0.2, 0.25) is 0 Å². The Balaban J connectivity index is 1.95. The minimum absolute atomic E-state index is 0.390. The average molecular weight is 482 g/mol. The molecule has 0 saturated heterocycles. The summed E-state index contributed by atoms with van der Waals surface area (Å²) in [6, 6.07) is 12.7. The van der Waals surface area contributed by atoms with Crippen LogP contribution >= 0.6 is 31.9 Å². The standard InChI is InChI=1S/C21H26Br2N2O/c1-3-9-24(10-4-2)13-17(26)14-25-20-7-5-15(22)11-18(20)19-12-16(23)6-8-21(19)25/h5-8,11-12,17,26H,3-4,9-10,13-14H2,1-2H3/t17-/m1/s1. The van der Waals surface area contributed by atoms with Crippen molar-refractivity contribution in [3.05, 3.63) is 45.3 Å². The summed E-state index contributed by atoms with van der Waals surface area (Å²) in [7, 11) is 0. The number of aliphatic hydroxyl groups is 1. The Bertz CT molecular complexity index is 825. The Labute approximate surface area is 172 Å². The first-order chi connectivity index (χ1) is 12.5. The first-order valence-corrected chi connectivity index (χ1v) is 10.9. The van der Waals surface area contributed by atoms with Gasteiger partial charge in [-0.05, 0) is 62.3 Å². The van der Waals surface area contributed by atoms with Crippen LogP contribution in [0.15, 0.2) is 45.3 Å². The number of hydrogen-bond acceptors (Lipinski definition) is 2. The van der Waals surface area contributed by atoms with E-state index in [9.17, 15) is 5.11 Å². The number of benzene rings is 2. The molecule has 26 heavy (non-hydrogen) atoms. The summed E-state index contributed by atoms with van der Waals surface area (Å²) in [5.41, 5.74) is 2.33. The predicted molar refractivity (Wildman–Crippen MR) is 118 cm³/mol. The molecule has 0 unspecified atom stereocenters. The van der Waals surface area contributed by atoms with E-state index in [1.54, 1.807) is 0 Å². The number of aromatic nitrogens is 1. The van der Waals surface area contributed by atoms with Gasteiger partial charge in [-0.15, -0.1) is 0 Å². The van der Waals surface area contributed by atoms with E-state index in [2.05, 4.69) is 91.6 Å². The molecule has 0 amide bonds. The lowest BCUT2D eigenvalue weighted by Gasteiger charge is -2.24. The van der Waals surface area contributed by atoms with E-state index in [1.807, 2.05) is 0 Å². The molecular weight excluding hydrogens is 456 g/mol. The van der Waals surface area contributed by atoms with Crippen LogP contribution in [0.25, 0.3) is 21.8 Å². The van der Waals surface area contributed by atoms with Crippen LogP contribution in [0, 0.1) is 0 Å². The lowest BCUT2D eigenvalue weighted by Crippen LogP contribution is -2.35. The van der Waals surface area contributed by atoms with E-state index < -0.39 is 0 Å². The lowest BCUT2D eigenvalue weighted by atomic mass is 10.2. The van der Waals surface area contributed by atoms with Crippen molar-refractivity contribution < 1.29 is 5.11 Å². The fraction of sp³-hybridized carbons (Fsp3) is 0.429. The molecule has 3 rings (SSSR count). The number of fused-ring (bicyclic) bond motifs is 3. The highest BCUT2D eigenvalue weighted by atomic mass is 79.9. The van der Waals surface area contributed by atoms with Crippen molar-refractivity contribution in [2.75, 3.05) is 19.6 Å². The molecule has 0 bridgehead atoms. The molecule has 1 N–H and O–H groups in total. The van der Waals surface area contributed by atoms with E-state index in [-0.39, 0.29) is 6.10 Å². The molecule has 0 fully saturated rings. The van der Waals surface area contributed by atoms with Gasteiger partial charge in [0.15, 0.2) is 0 Å². The zero-order valence-electron chi connectivity index (χ0n) is 15.4. The number of aliphatic hydroxyl groups excluding tert-OH is 1. The van der Waals surface area contributed by atoms with Gasteiger partial charge < -0.3 is 14.6 Å². The molecule has 0 aliphatic heterocycles. The molecule has 3 aromatic rings. The van der Waals surface area contributed by atoms with Crippen LogP contribution in [0.5, 0.6) is 0 Å². The second-order valence-electron chi connectivity index (χ2n) is 6.89. The quantitative estimate of drug-likeness (QED) is 0.440. The molecule has 1 aromatic heterocycles. The van der Waals surface area contributed by atoms with E-state index in [0.29, 0.717) is 6.54 Å². The zero-order chi connectivity index (χ0) is 18.7. The second-order valence-corrected chi connectivity index (χ2v) is 8.72. The third-order valence-electron chi connectivity index (χ3n) is 4.73. The fourth-order valence-electron chi connectivity index (χ4n) is 3.74. The van der Waals surface area contributed by atoms with E-state index in [0.717, 1.165) is 52.5 Å². The van der Waals surface area contributed by atoms with Crippen LogP contribution < -0.4 is 0 Å². The molecule has 0 saturated carbocycles. The summed E-state index contributed by atoms with van der Waals surface area (Å²) in [5, 5.41) is 13.2. The number of nitrogens with zero attached hydrogens (tertiary/aromatic N) is 2. The minimum Gasteiger partial charge on any atom is -0.390 e. The van der Waals surface area contributed by atoms with Crippen LogP contribution in [-0.4, -0.2) is 40.3 Å². The van der Waals surface area contributed by atoms with Gasteiger partial charge in [0.1, 0.15) is 0 Å². The SMILES string of the molecule is CCCN(CCC)C[C@@H](O)Cn1c2ccc(Br)cc2c2cc(Br)ccc21. The third-order valence-corrected chi connectivity index (χ3v) is 5.72. The highest BCUT2D eigenvalue weighted by molar-refractivity contribution is 9.10. The fourth-order valence-corrected chi connectivity index (χ4v) is 4.46. The molecule has 1 atom stereocenters. The van der Waals surface area contributed by atoms with Crippen molar-refractivity contribution in [3.63, 3.8) is 0 Å². The molecule has 0 radical (unpaired) electrons. The maximum Gasteiger partial charge on any atom is 0.0845 e. The Kier molecular flexibility index (Phi) is 6.78. The normalized spacial score (nSPS) is 13.2. The summed E-state index contributed by atoms with van der Waals surface area (Å²) in [4.78, 5) is 2.37. The highest BCUT2D eigenvalue weighted by Crippen LogP contribution is 2.33.